The summed E-state index contributed by atoms with van der Waals surface area (Å²) < 4.78 is 18.2. The first-order chi connectivity index (χ1) is 17.9. The van der Waals surface area contributed by atoms with Crippen molar-refractivity contribution in [2.24, 2.45) is 0 Å². The SMILES string of the molecule is COC(=O)c1ccc(CCCN2C(=O)CC[C@@H]2/C=C/C(=O)c2cccc(-c3ccc(F)cc3C)c2)cc1. The van der Waals surface area contributed by atoms with Gasteiger partial charge in [-0.3, -0.25) is 9.59 Å². The highest BCUT2D eigenvalue weighted by Crippen LogP contribution is 2.26. The zero-order chi connectivity index (χ0) is 26.4. The summed E-state index contributed by atoms with van der Waals surface area (Å²) >= 11 is 0. The highest BCUT2D eigenvalue weighted by atomic mass is 19.1. The standard InChI is InChI=1S/C31H30FNO4/c1-21-19-26(32)12-15-28(21)24-6-3-7-25(20-24)29(34)16-13-27-14-17-30(35)33(27)18-4-5-22-8-10-23(11-9-22)31(36)37-2/h3,6-13,15-16,19-20,27H,4-5,14,17-18H2,1-2H3/b16-13+/t27-/m0/s1. The molecule has 1 heterocycles. The van der Waals surface area contributed by atoms with Crippen LogP contribution in [-0.2, 0) is 16.0 Å². The van der Waals surface area contributed by atoms with Gasteiger partial charge in [0.25, 0.3) is 0 Å². The summed E-state index contributed by atoms with van der Waals surface area (Å²) in [5.41, 5.74) is 4.68. The monoisotopic (exact) mass is 499 g/mol. The van der Waals surface area contributed by atoms with Crippen molar-refractivity contribution in [3.8, 4) is 11.1 Å². The van der Waals surface area contributed by atoms with Gasteiger partial charge in [-0.1, -0.05) is 42.5 Å². The van der Waals surface area contributed by atoms with Gasteiger partial charge >= 0.3 is 5.97 Å². The molecule has 4 rings (SSSR count). The summed E-state index contributed by atoms with van der Waals surface area (Å²) in [5.74, 6) is -0.692. The number of amides is 1. The van der Waals surface area contributed by atoms with E-state index in [2.05, 4.69) is 0 Å². The molecule has 1 saturated heterocycles. The van der Waals surface area contributed by atoms with Gasteiger partial charge in [0.05, 0.1) is 18.7 Å². The lowest BCUT2D eigenvalue weighted by molar-refractivity contribution is -0.128. The van der Waals surface area contributed by atoms with E-state index in [9.17, 15) is 18.8 Å². The van der Waals surface area contributed by atoms with Crippen molar-refractivity contribution >= 4 is 17.7 Å². The Morgan fingerprint density at radius 2 is 1.84 bits per heavy atom. The second-order valence-electron chi connectivity index (χ2n) is 9.25. The fourth-order valence-electron chi connectivity index (χ4n) is 4.71. The molecule has 0 spiro atoms. The Hall–Kier alpha value is -4.06. The lowest BCUT2D eigenvalue weighted by Gasteiger charge is -2.22. The number of esters is 1. The Bertz CT molecular complexity index is 1330. The molecule has 3 aromatic carbocycles. The third-order valence-corrected chi connectivity index (χ3v) is 6.73. The van der Waals surface area contributed by atoms with Crippen LogP contribution >= 0.6 is 0 Å². The van der Waals surface area contributed by atoms with Gasteiger partial charge in [0, 0.05) is 18.5 Å². The molecule has 37 heavy (non-hydrogen) atoms. The molecular formula is C31H30FNO4. The Morgan fingerprint density at radius 3 is 2.57 bits per heavy atom. The Labute approximate surface area is 216 Å². The number of allylic oxidation sites excluding steroid dienone is 1. The number of aryl methyl sites for hydroxylation is 2. The first-order valence-corrected chi connectivity index (χ1v) is 12.4. The third kappa shape index (κ3) is 6.39. The van der Waals surface area contributed by atoms with E-state index in [0.29, 0.717) is 30.5 Å². The van der Waals surface area contributed by atoms with Crippen molar-refractivity contribution in [1.82, 2.24) is 4.90 Å². The minimum Gasteiger partial charge on any atom is -0.465 e. The van der Waals surface area contributed by atoms with Crippen molar-refractivity contribution in [2.45, 2.75) is 38.6 Å². The van der Waals surface area contributed by atoms with Crippen LogP contribution in [0, 0.1) is 12.7 Å². The van der Waals surface area contributed by atoms with Crippen molar-refractivity contribution in [3.63, 3.8) is 0 Å². The number of nitrogens with zero attached hydrogens (tertiary/aromatic N) is 1. The lowest BCUT2D eigenvalue weighted by Crippen LogP contribution is -2.33. The molecule has 1 aliphatic heterocycles. The van der Waals surface area contributed by atoms with E-state index < -0.39 is 0 Å². The molecule has 0 aliphatic carbocycles. The molecule has 1 atom stereocenters. The molecule has 3 aromatic rings. The van der Waals surface area contributed by atoms with E-state index in [4.69, 9.17) is 4.74 Å². The average Bonchev–Trinajstić information content (AvgIpc) is 3.26. The van der Waals surface area contributed by atoms with Crippen LogP contribution in [0.3, 0.4) is 0 Å². The van der Waals surface area contributed by atoms with Crippen molar-refractivity contribution in [1.29, 1.82) is 0 Å². The van der Waals surface area contributed by atoms with Gasteiger partial charge in [-0.15, -0.1) is 0 Å². The minimum atomic E-state index is -0.365. The van der Waals surface area contributed by atoms with Gasteiger partial charge in [0.2, 0.25) is 5.91 Å². The number of hydrogen-bond acceptors (Lipinski definition) is 4. The predicted molar refractivity (Wildman–Crippen MR) is 141 cm³/mol. The number of halogens is 1. The summed E-state index contributed by atoms with van der Waals surface area (Å²) in [6.45, 7) is 2.44. The van der Waals surface area contributed by atoms with E-state index in [0.717, 1.165) is 35.1 Å². The number of ether oxygens (including phenoxy) is 1. The number of likely N-dealkylation sites (tertiary alicyclic amines) is 1. The summed E-state index contributed by atoms with van der Waals surface area (Å²) in [6, 6.07) is 19.1. The number of methoxy groups -OCH3 is 1. The zero-order valence-electron chi connectivity index (χ0n) is 21.1. The normalized spacial score (nSPS) is 15.4. The van der Waals surface area contributed by atoms with Crippen molar-refractivity contribution in [2.75, 3.05) is 13.7 Å². The minimum absolute atomic E-state index is 0.0944. The average molecular weight is 500 g/mol. The van der Waals surface area contributed by atoms with Gasteiger partial charge in [-0.05, 0) is 84.8 Å². The third-order valence-electron chi connectivity index (χ3n) is 6.73. The first kappa shape index (κ1) is 26.0. The maximum Gasteiger partial charge on any atom is 0.337 e. The van der Waals surface area contributed by atoms with Gasteiger partial charge < -0.3 is 9.64 Å². The van der Waals surface area contributed by atoms with Crippen LogP contribution in [0.2, 0.25) is 0 Å². The quantitative estimate of drug-likeness (QED) is 0.207. The number of carbonyl (C=O) groups excluding carboxylic acids is 3. The van der Waals surface area contributed by atoms with Crippen LogP contribution in [0.25, 0.3) is 11.1 Å². The Morgan fingerprint density at radius 1 is 1.05 bits per heavy atom. The van der Waals surface area contributed by atoms with E-state index in [-0.39, 0.29) is 29.5 Å². The lowest BCUT2D eigenvalue weighted by atomic mass is 9.97. The molecule has 0 bridgehead atoms. The second-order valence-corrected chi connectivity index (χ2v) is 9.25. The highest BCUT2D eigenvalue weighted by molar-refractivity contribution is 6.05. The maximum atomic E-state index is 13.5. The largest absolute Gasteiger partial charge is 0.465 e. The fraction of sp³-hybridized carbons (Fsp3) is 0.258. The van der Waals surface area contributed by atoms with Crippen LogP contribution in [-0.4, -0.2) is 42.3 Å². The van der Waals surface area contributed by atoms with Gasteiger partial charge in [-0.25, -0.2) is 9.18 Å². The number of ketones is 1. The number of hydrogen-bond donors (Lipinski definition) is 0. The van der Waals surface area contributed by atoms with Crippen molar-refractivity contribution < 1.29 is 23.5 Å². The van der Waals surface area contributed by atoms with Gasteiger partial charge in [0.1, 0.15) is 5.82 Å². The van der Waals surface area contributed by atoms with Crippen LogP contribution < -0.4 is 0 Å². The molecule has 5 nitrogen and oxygen atoms in total. The van der Waals surface area contributed by atoms with E-state index in [1.165, 1.54) is 19.2 Å². The number of rotatable bonds is 9. The second kappa shape index (κ2) is 11.8. The van der Waals surface area contributed by atoms with Crippen molar-refractivity contribution in [3.05, 3.63) is 107 Å². The van der Waals surface area contributed by atoms with Crippen LogP contribution in [0.5, 0.6) is 0 Å². The maximum absolute atomic E-state index is 13.5. The first-order valence-electron chi connectivity index (χ1n) is 12.4. The predicted octanol–water partition coefficient (Wildman–Crippen LogP) is 5.95. The molecule has 1 aliphatic rings. The van der Waals surface area contributed by atoms with Crippen LogP contribution in [0.4, 0.5) is 4.39 Å². The summed E-state index contributed by atoms with van der Waals surface area (Å²) in [4.78, 5) is 38.8. The van der Waals surface area contributed by atoms with E-state index in [1.807, 2.05) is 48.2 Å². The molecule has 0 radical (unpaired) electrons. The molecule has 0 N–H and O–H groups in total. The van der Waals surface area contributed by atoms with Crippen LogP contribution in [0.1, 0.15) is 51.1 Å². The molecule has 1 fully saturated rings. The molecule has 0 unspecified atom stereocenters. The zero-order valence-corrected chi connectivity index (χ0v) is 21.1. The smallest absolute Gasteiger partial charge is 0.337 e. The van der Waals surface area contributed by atoms with E-state index >= 15 is 0 Å². The molecular weight excluding hydrogens is 469 g/mol. The molecule has 1 amide bonds. The highest BCUT2D eigenvalue weighted by Gasteiger charge is 2.28. The molecule has 0 aromatic heterocycles. The summed E-state index contributed by atoms with van der Waals surface area (Å²) in [7, 11) is 1.35. The van der Waals surface area contributed by atoms with Crippen LogP contribution in [0.15, 0.2) is 78.9 Å². The topological polar surface area (TPSA) is 63.7 Å². The molecule has 0 saturated carbocycles. The molecule has 6 heteroatoms. The Kier molecular flexibility index (Phi) is 8.29. The van der Waals surface area contributed by atoms with Gasteiger partial charge in [0.15, 0.2) is 5.78 Å². The number of benzene rings is 3. The number of carbonyl (C=O) groups is 3. The fourth-order valence-corrected chi connectivity index (χ4v) is 4.71. The summed E-state index contributed by atoms with van der Waals surface area (Å²) in [6.07, 6.45) is 6.09. The van der Waals surface area contributed by atoms with E-state index in [1.54, 1.807) is 30.3 Å². The van der Waals surface area contributed by atoms with Gasteiger partial charge in [-0.2, -0.15) is 0 Å². The Balaban J connectivity index is 1.37. The summed E-state index contributed by atoms with van der Waals surface area (Å²) in [5, 5.41) is 0. The molecule has 190 valence electrons.